The van der Waals surface area contributed by atoms with Crippen molar-refractivity contribution < 1.29 is 14.3 Å². The lowest BCUT2D eigenvalue weighted by atomic mass is 10.0. The van der Waals surface area contributed by atoms with Crippen LogP contribution in [-0.2, 0) is 14.3 Å². The summed E-state index contributed by atoms with van der Waals surface area (Å²) in [6.07, 6.45) is 2.01. The van der Waals surface area contributed by atoms with Gasteiger partial charge in [0.05, 0.1) is 18.7 Å². The van der Waals surface area contributed by atoms with Crippen LogP contribution >= 0.6 is 11.6 Å². The fourth-order valence-electron chi connectivity index (χ4n) is 2.69. The van der Waals surface area contributed by atoms with Gasteiger partial charge in [0.1, 0.15) is 6.10 Å². The van der Waals surface area contributed by atoms with E-state index in [1.807, 2.05) is 6.92 Å². The zero-order valence-corrected chi connectivity index (χ0v) is 11.9. The highest BCUT2D eigenvalue weighted by Gasteiger charge is 2.39. The van der Waals surface area contributed by atoms with Gasteiger partial charge in [-0.05, 0) is 13.3 Å². The lowest BCUT2D eigenvalue weighted by Gasteiger charge is -2.12. The van der Waals surface area contributed by atoms with Gasteiger partial charge in [0, 0.05) is 24.4 Å². The first-order valence-electron chi connectivity index (χ1n) is 6.39. The van der Waals surface area contributed by atoms with Gasteiger partial charge >= 0.3 is 5.97 Å². The molecule has 1 aliphatic rings. The van der Waals surface area contributed by atoms with E-state index in [1.54, 1.807) is 16.8 Å². The van der Waals surface area contributed by atoms with Crippen molar-refractivity contribution in [2.45, 2.75) is 25.4 Å². The molecule has 0 saturated carbocycles. The van der Waals surface area contributed by atoms with Crippen molar-refractivity contribution in [1.82, 2.24) is 14.6 Å². The predicted octanol–water partition coefficient (Wildman–Crippen LogP) is 2.12. The summed E-state index contributed by atoms with van der Waals surface area (Å²) in [6, 6.07) is 1.68. The third kappa shape index (κ3) is 1.96. The number of methoxy groups -OCH3 is 1. The van der Waals surface area contributed by atoms with Crippen molar-refractivity contribution in [1.29, 1.82) is 0 Å². The summed E-state index contributed by atoms with van der Waals surface area (Å²) >= 11 is 5.93. The summed E-state index contributed by atoms with van der Waals surface area (Å²) in [5.41, 5.74) is 2.27. The minimum Gasteiger partial charge on any atom is -0.469 e. The Hall–Kier alpha value is -1.66. The Kier molecular flexibility index (Phi) is 3.35. The van der Waals surface area contributed by atoms with Crippen molar-refractivity contribution in [2.75, 3.05) is 13.7 Å². The molecule has 0 bridgehead atoms. The Labute approximate surface area is 120 Å². The SMILES string of the molecule is CCOC1CC(C(=O)OC)c2cnc3cc(Cl)nn3c21. The van der Waals surface area contributed by atoms with Gasteiger partial charge in [0.2, 0.25) is 0 Å². The number of carbonyl (C=O) groups excluding carboxylic acids is 1. The van der Waals surface area contributed by atoms with Gasteiger partial charge in [-0.25, -0.2) is 9.50 Å². The Morgan fingerprint density at radius 2 is 2.40 bits per heavy atom. The molecular formula is C13H14ClN3O3. The first-order valence-corrected chi connectivity index (χ1v) is 6.77. The molecule has 0 aromatic carbocycles. The number of rotatable bonds is 3. The molecule has 0 radical (unpaired) electrons. The average molecular weight is 296 g/mol. The van der Waals surface area contributed by atoms with E-state index < -0.39 is 0 Å². The van der Waals surface area contributed by atoms with Crippen LogP contribution in [0.3, 0.4) is 0 Å². The average Bonchev–Trinajstić information content (AvgIpc) is 2.98. The molecule has 0 aliphatic heterocycles. The van der Waals surface area contributed by atoms with Crippen LogP contribution in [0, 0.1) is 0 Å². The van der Waals surface area contributed by atoms with E-state index in [9.17, 15) is 4.79 Å². The van der Waals surface area contributed by atoms with Crippen molar-refractivity contribution in [3.8, 4) is 0 Å². The van der Waals surface area contributed by atoms with Gasteiger partial charge in [-0.1, -0.05) is 11.6 Å². The van der Waals surface area contributed by atoms with Crippen LogP contribution in [0.4, 0.5) is 0 Å². The molecule has 6 nitrogen and oxygen atoms in total. The van der Waals surface area contributed by atoms with Crippen molar-refractivity contribution >= 4 is 23.2 Å². The molecule has 2 unspecified atom stereocenters. The molecule has 2 aromatic heterocycles. The number of hydrogen-bond acceptors (Lipinski definition) is 5. The minimum absolute atomic E-state index is 0.208. The number of fused-ring (bicyclic) bond motifs is 3. The fraction of sp³-hybridized carbons (Fsp3) is 0.462. The van der Waals surface area contributed by atoms with Crippen LogP contribution in [0.1, 0.15) is 36.6 Å². The molecule has 7 heteroatoms. The van der Waals surface area contributed by atoms with E-state index >= 15 is 0 Å². The first kappa shape index (κ1) is 13.3. The number of hydrogen-bond donors (Lipinski definition) is 0. The maximum absolute atomic E-state index is 11.9. The maximum Gasteiger partial charge on any atom is 0.313 e. The summed E-state index contributed by atoms with van der Waals surface area (Å²) in [5.74, 6) is -0.653. The van der Waals surface area contributed by atoms with Gasteiger partial charge in [0.25, 0.3) is 0 Å². The molecule has 3 rings (SSSR count). The largest absolute Gasteiger partial charge is 0.469 e. The van der Waals surface area contributed by atoms with E-state index in [1.165, 1.54) is 7.11 Å². The quantitative estimate of drug-likeness (QED) is 0.812. The number of carbonyl (C=O) groups is 1. The van der Waals surface area contributed by atoms with E-state index in [4.69, 9.17) is 21.1 Å². The van der Waals surface area contributed by atoms with E-state index in [0.717, 1.165) is 11.3 Å². The lowest BCUT2D eigenvalue weighted by molar-refractivity contribution is -0.143. The van der Waals surface area contributed by atoms with E-state index in [-0.39, 0.29) is 18.0 Å². The second-order valence-electron chi connectivity index (χ2n) is 4.59. The molecule has 1 aliphatic carbocycles. The zero-order chi connectivity index (χ0) is 14.3. The van der Waals surface area contributed by atoms with Gasteiger partial charge < -0.3 is 9.47 Å². The van der Waals surface area contributed by atoms with Crippen molar-refractivity contribution in [2.24, 2.45) is 0 Å². The molecule has 2 heterocycles. The molecule has 2 atom stereocenters. The maximum atomic E-state index is 11.9. The van der Waals surface area contributed by atoms with E-state index in [0.29, 0.717) is 23.8 Å². The molecular weight excluding hydrogens is 282 g/mol. The molecule has 2 aromatic rings. The molecule has 20 heavy (non-hydrogen) atoms. The third-order valence-corrected chi connectivity index (χ3v) is 3.69. The van der Waals surface area contributed by atoms with Gasteiger partial charge in [0.15, 0.2) is 10.8 Å². The highest BCUT2D eigenvalue weighted by Crippen LogP contribution is 2.42. The van der Waals surface area contributed by atoms with Gasteiger partial charge in [-0.3, -0.25) is 4.79 Å². The number of esters is 1. The second kappa shape index (κ2) is 5.03. The zero-order valence-electron chi connectivity index (χ0n) is 11.2. The van der Waals surface area contributed by atoms with Crippen molar-refractivity contribution in [3.63, 3.8) is 0 Å². The summed E-state index contributed by atoms with van der Waals surface area (Å²) in [5, 5.41) is 4.59. The van der Waals surface area contributed by atoms with Gasteiger partial charge in [-0.2, -0.15) is 5.10 Å². The van der Waals surface area contributed by atoms with Crippen LogP contribution in [-0.4, -0.2) is 34.3 Å². The Morgan fingerprint density at radius 3 is 3.10 bits per heavy atom. The number of nitrogens with zero attached hydrogens (tertiary/aromatic N) is 3. The topological polar surface area (TPSA) is 65.7 Å². The predicted molar refractivity (Wildman–Crippen MR) is 71.7 cm³/mol. The number of ether oxygens (including phenoxy) is 2. The van der Waals surface area contributed by atoms with Crippen LogP contribution in [0.2, 0.25) is 5.15 Å². The van der Waals surface area contributed by atoms with Crippen LogP contribution in [0.15, 0.2) is 12.3 Å². The van der Waals surface area contributed by atoms with Crippen LogP contribution in [0.25, 0.3) is 5.65 Å². The number of halogens is 1. The molecule has 106 valence electrons. The second-order valence-corrected chi connectivity index (χ2v) is 4.98. The Bertz CT molecular complexity index is 670. The highest BCUT2D eigenvalue weighted by atomic mass is 35.5. The molecule has 0 amide bonds. The molecule has 0 saturated heterocycles. The molecule has 0 N–H and O–H groups in total. The standard InChI is InChI=1S/C13H14ClN3O3/c1-3-20-9-4-7(13(18)19-2)8-6-15-11-5-10(14)16-17(11)12(8)9/h5-7,9H,3-4H2,1-2H3. The summed E-state index contributed by atoms with van der Waals surface area (Å²) < 4.78 is 12.2. The smallest absolute Gasteiger partial charge is 0.313 e. The summed E-state index contributed by atoms with van der Waals surface area (Å²) in [7, 11) is 1.38. The fourth-order valence-corrected chi connectivity index (χ4v) is 2.87. The van der Waals surface area contributed by atoms with Crippen LogP contribution < -0.4 is 0 Å². The normalized spacial score (nSPS) is 21.1. The molecule has 0 spiro atoms. The van der Waals surface area contributed by atoms with Crippen LogP contribution in [0.5, 0.6) is 0 Å². The van der Waals surface area contributed by atoms with E-state index in [2.05, 4.69) is 10.1 Å². The third-order valence-electron chi connectivity index (χ3n) is 3.50. The molecule has 0 fully saturated rings. The first-order chi connectivity index (χ1) is 9.65. The van der Waals surface area contributed by atoms with Crippen molar-refractivity contribution in [3.05, 3.63) is 28.7 Å². The van der Waals surface area contributed by atoms with Gasteiger partial charge in [-0.15, -0.1) is 0 Å². The monoisotopic (exact) mass is 295 g/mol. The summed E-state index contributed by atoms with van der Waals surface area (Å²) in [4.78, 5) is 16.2. The minimum atomic E-state index is -0.369. The Balaban J connectivity index is 2.17. The lowest BCUT2D eigenvalue weighted by Crippen LogP contribution is -2.12. The summed E-state index contributed by atoms with van der Waals surface area (Å²) in [6.45, 7) is 2.47. The highest BCUT2D eigenvalue weighted by molar-refractivity contribution is 6.29. The number of aromatic nitrogens is 3. The Morgan fingerprint density at radius 1 is 1.60 bits per heavy atom.